The van der Waals surface area contributed by atoms with Crippen LogP contribution in [0.4, 0.5) is 0 Å². The maximum absolute atomic E-state index is 10.6. The van der Waals surface area contributed by atoms with Gasteiger partial charge >= 0.3 is 5.97 Å². The monoisotopic (exact) mass is 219 g/mol. The molecule has 5 nitrogen and oxygen atoms in total. The molecule has 2 aromatic rings. The van der Waals surface area contributed by atoms with Crippen LogP contribution >= 0.6 is 0 Å². The maximum Gasteiger partial charge on any atom is 0.303 e. The minimum Gasteiger partial charge on any atom is -0.481 e. The van der Waals surface area contributed by atoms with Crippen LogP contribution < -0.4 is 0 Å². The van der Waals surface area contributed by atoms with Gasteiger partial charge in [0.05, 0.1) is 12.1 Å². The molecular formula is C11H13N3O2. The van der Waals surface area contributed by atoms with E-state index in [0.29, 0.717) is 0 Å². The van der Waals surface area contributed by atoms with Gasteiger partial charge in [-0.25, -0.2) is 9.50 Å². The van der Waals surface area contributed by atoms with Gasteiger partial charge in [0.15, 0.2) is 5.65 Å². The number of carboxylic acids is 1. The molecule has 0 saturated heterocycles. The number of fused-ring (bicyclic) bond motifs is 1. The van der Waals surface area contributed by atoms with E-state index < -0.39 is 5.97 Å². The molecule has 0 fully saturated rings. The lowest BCUT2D eigenvalue weighted by atomic mass is 10.0. The fraction of sp³-hybridized carbons (Fsp3) is 0.364. The van der Waals surface area contributed by atoms with Crippen LogP contribution in [-0.2, 0) is 4.79 Å². The summed E-state index contributed by atoms with van der Waals surface area (Å²) in [7, 11) is 0. The zero-order valence-electron chi connectivity index (χ0n) is 9.21. The van der Waals surface area contributed by atoms with Crippen molar-refractivity contribution in [2.24, 2.45) is 0 Å². The normalized spacial score (nSPS) is 12.9. The highest BCUT2D eigenvalue weighted by Gasteiger charge is 2.11. The smallest absolute Gasteiger partial charge is 0.303 e. The lowest BCUT2D eigenvalue weighted by molar-refractivity contribution is -0.137. The first-order valence-corrected chi connectivity index (χ1v) is 5.10. The van der Waals surface area contributed by atoms with Crippen molar-refractivity contribution in [1.82, 2.24) is 14.6 Å². The Kier molecular flexibility index (Phi) is 2.60. The summed E-state index contributed by atoms with van der Waals surface area (Å²) in [5.41, 5.74) is 2.57. The van der Waals surface area contributed by atoms with Crippen LogP contribution in [0.5, 0.6) is 0 Å². The lowest BCUT2D eigenvalue weighted by Gasteiger charge is -2.08. The van der Waals surface area contributed by atoms with Crippen molar-refractivity contribution in [2.75, 3.05) is 0 Å². The predicted octanol–water partition coefficient (Wildman–Crippen LogP) is 1.62. The number of nitrogens with zero attached hydrogens (tertiary/aromatic N) is 3. The molecule has 0 aliphatic rings. The summed E-state index contributed by atoms with van der Waals surface area (Å²) in [4.78, 5) is 14.8. The van der Waals surface area contributed by atoms with E-state index in [4.69, 9.17) is 5.11 Å². The predicted molar refractivity (Wildman–Crippen MR) is 58.4 cm³/mol. The molecule has 1 atom stereocenters. The minimum absolute atomic E-state index is 0.0566. The largest absolute Gasteiger partial charge is 0.481 e. The molecule has 0 amide bonds. The highest BCUT2D eigenvalue weighted by Crippen LogP contribution is 2.18. The fourth-order valence-corrected chi connectivity index (χ4v) is 1.64. The molecule has 2 heterocycles. The van der Waals surface area contributed by atoms with E-state index in [1.165, 1.54) is 0 Å². The second kappa shape index (κ2) is 3.92. The first-order chi connectivity index (χ1) is 7.56. The summed E-state index contributed by atoms with van der Waals surface area (Å²) < 4.78 is 1.68. The van der Waals surface area contributed by atoms with E-state index in [-0.39, 0.29) is 12.3 Å². The SMILES string of the molecule is Cc1cc2ncc(C(C)CC(=O)O)cn2n1. The van der Waals surface area contributed by atoms with Crippen LogP contribution in [0.1, 0.15) is 30.5 Å². The van der Waals surface area contributed by atoms with Crippen LogP contribution in [0.25, 0.3) is 5.65 Å². The number of hydrogen-bond donors (Lipinski definition) is 1. The first-order valence-electron chi connectivity index (χ1n) is 5.10. The fourth-order valence-electron chi connectivity index (χ4n) is 1.64. The average Bonchev–Trinajstić information content (AvgIpc) is 2.55. The number of aryl methyl sites for hydroxylation is 1. The van der Waals surface area contributed by atoms with Crippen LogP contribution in [0, 0.1) is 6.92 Å². The van der Waals surface area contributed by atoms with Gasteiger partial charge in [0.25, 0.3) is 0 Å². The van der Waals surface area contributed by atoms with Crippen molar-refractivity contribution < 1.29 is 9.90 Å². The molecule has 0 bridgehead atoms. The molecule has 2 aromatic heterocycles. The number of aromatic nitrogens is 3. The highest BCUT2D eigenvalue weighted by molar-refractivity contribution is 5.67. The molecular weight excluding hydrogens is 206 g/mol. The number of rotatable bonds is 3. The van der Waals surface area contributed by atoms with E-state index in [1.54, 1.807) is 10.7 Å². The zero-order valence-corrected chi connectivity index (χ0v) is 9.21. The van der Waals surface area contributed by atoms with Crippen molar-refractivity contribution in [3.05, 3.63) is 29.7 Å². The van der Waals surface area contributed by atoms with E-state index in [9.17, 15) is 4.79 Å². The van der Waals surface area contributed by atoms with Crippen molar-refractivity contribution >= 4 is 11.6 Å². The summed E-state index contributed by atoms with van der Waals surface area (Å²) in [6.45, 7) is 3.77. The number of aliphatic carboxylic acids is 1. The Labute approximate surface area is 92.7 Å². The van der Waals surface area contributed by atoms with Gasteiger partial charge in [0.2, 0.25) is 0 Å². The molecule has 0 saturated carbocycles. The minimum atomic E-state index is -0.802. The Balaban J connectivity index is 2.34. The van der Waals surface area contributed by atoms with Crippen molar-refractivity contribution in [2.45, 2.75) is 26.2 Å². The maximum atomic E-state index is 10.6. The number of hydrogen-bond acceptors (Lipinski definition) is 3. The molecule has 0 aliphatic heterocycles. The van der Waals surface area contributed by atoms with Gasteiger partial charge in [-0.05, 0) is 18.4 Å². The first kappa shape index (κ1) is 10.6. The van der Waals surface area contributed by atoms with Gasteiger partial charge < -0.3 is 5.11 Å². The van der Waals surface area contributed by atoms with Crippen molar-refractivity contribution in [1.29, 1.82) is 0 Å². The second-order valence-electron chi connectivity index (χ2n) is 3.97. The molecule has 0 aliphatic carbocycles. The third-order valence-corrected chi connectivity index (χ3v) is 2.51. The Morgan fingerprint density at radius 1 is 1.62 bits per heavy atom. The van der Waals surface area contributed by atoms with E-state index in [1.807, 2.05) is 26.1 Å². The summed E-state index contributed by atoms with van der Waals surface area (Å²) in [6, 6.07) is 1.88. The zero-order chi connectivity index (χ0) is 11.7. The quantitative estimate of drug-likeness (QED) is 0.851. The molecule has 84 valence electrons. The summed E-state index contributed by atoms with van der Waals surface area (Å²) in [6.07, 6.45) is 3.65. The molecule has 0 radical (unpaired) electrons. The van der Waals surface area contributed by atoms with Gasteiger partial charge in [0.1, 0.15) is 0 Å². The molecule has 2 rings (SSSR count). The van der Waals surface area contributed by atoms with Crippen LogP contribution in [0.15, 0.2) is 18.5 Å². The van der Waals surface area contributed by atoms with E-state index >= 15 is 0 Å². The van der Waals surface area contributed by atoms with Gasteiger partial charge in [-0.3, -0.25) is 4.79 Å². The van der Waals surface area contributed by atoms with Gasteiger partial charge in [-0.15, -0.1) is 0 Å². The summed E-state index contributed by atoms with van der Waals surface area (Å²) in [5.74, 6) is -0.858. The number of carboxylic acid groups (broad SMARTS) is 1. The topological polar surface area (TPSA) is 67.5 Å². The Hall–Kier alpha value is -1.91. The molecule has 16 heavy (non-hydrogen) atoms. The Bertz CT molecular complexity index is 533. The van der Waals surface area contributed by atoms with E-state index in [0.717, 1.165) is 16.9 Å². The molecule has 0 aromatic carbocycles. The summed E-state index contributed by atoms with van der Waals surface area (Å²) >= 11 is 0. The van der Waals surface area contributed by atoms with Crippen molar-refractivity contribution in [3.63, 3.8) is 0 Å². The molecule has 0 spiro atoms. The summed E-state index contributed by atoms with van der Waals surface area (Å²) in [5, 5.41) is 13.0. The van der Waals surface area contributed by atoms with Crippen LogP contribution in [0.3, 0.4) is 0 Å². The van der Waals surface area contributed by atoms with Crippen molar-refractivity contribution in [3.8, 4) is 0 Å². The highest BCUT2D eigenvalue weighted by atomic mass is 16.4. The Morgan fingerprint density at radius 2 is 2.38 bits per heavy atom. The Morgan fingerprint density at radius 3 is 3.06 bits per heavy atom. The third kappa shape index (κ3) is 2.03. The van der Waals surface area contributed by atoms with Crippen LogP contribution in [-0.4, -0.2) is 25.7 Å². The lowest BCUT2D eigenvalue weighted by Crippen LogP contribution is -2.04. The third-order valence-electron chi connectivity index (χ3n) is 2.51. The van der Waals surface area contributed by atoms with Gasteiger partial charge in [-0.2, -0.15) is 5.10 Å². The average molecular weight is 219 g/mol. The standard InChI is InChI=1S/C11H13N3O2/c1-7(3-11(15)16)9-5-12-10-4-8(2)13-14(10)6-9/h4-7H,3H2,1-2H3,(H,15,16). The van der Waals surface area contributed by atoms with Gasteiger partial charge in [0, 0.05) is 18.5 Å². The van der Waals surface area contributed by atoms with E-state index in [2.05, 4.69) is 10.1 Å². The van der Waals surface area contributed by atoms with Crippen LogP contribution in [0.2, 0.25) is 0 Å². The number of carbonyl (C=O) groups is 1. The van der Waals surface area contributed by atoms with Gasteiger partial charge in [-0.1, -0.05) is 6.92 Å². The second-order valence-corrected chi connectivity index (χ2v) is 3.97. The molecule has 5 heteroatoms. The molecule has 1 unspecified atom stereocenters. The molecule has 1 N–H and O–H groups in total.